The van der Waals surface area contributed by atoms with E-state index in [1.165, 1.54) is 45.1 Å². The van der Waals surface area contributed by atoms with Crippen LogP contribution in [0.1, 0.15) is 38.5 Å². The Morgan fingerprint density at radius 3 is 2.18 bits per heavy atom. The summed E-state index contributed by atoms with van der Waals surface area (Å²) in [5, 5.41) is 1.14. The maximum absolute atomic E-state index is 11.4. The highest BCUT2D eigenvalue weighted by Crippen LogP contribution is 2.37. The number of nitrogens with zero attached hydrogens (tertiary/aromatic N) is 1. The summed E-state index contributed by atoms with van der Waals surface area (Å²) >= 11 is 3.75. The van der Waals surface area contributed by atoms with Crippen molar-refractivity contribution in [3.63, 3.8) is 0 Å². The van der Waals surface area contributed by atoms with Gasteiger partial charge in [0, 0.05) is 47.3 Å². The van der Waals surface area contributed by atoms with E-state index in [0.717, 1.165) is 29.9 Å². The number of halogens is 1. The van der Waals surface area contributed by atoms with Crippen LogP contribution in [0.2, 0.25) is 0 Å². The summed E-state index contributed by atoms with van der Waals surface area (Å²) < 4.78 is 11.4. The predicted octanol–water partition coefficient (Wildman–Crippen LogP) is 2.79. The van der Waals surface area contributed by atoms with Crippen molar-refractivity contribution in [3.8, 4) is 0 Å². The Morgan fingerprint density at radius 1 is 1.06 bits per heavy atom. The van der Waals surface area contributed by atoms with Gasteiger partial charge in [0.15, 0.2) is 0 Å². The van der Waals surface area contributed by atoms with Gasteiger partial charge in [-0.3, -0.25) is 4.21 Å². The fourth-order valence-electron chi connectivity index (χ4n) is 3.12. The molecule has 0 radical (unpaired) electrons. The van der Waals surface area contributed by atoms with Crippen LogP contribution in [0.15, 0.2) is 0 Å². The van der Waals surface area contributed by atoms with E-state index in [4.69, 9.17) is 0 Å². The Morgan fingerprint density at radius 2 is 1.65 bits per heavy atom. The molecule has 1 saturated heterocycles. The summed E-state index contributed by atoms with van der Waals surface area (Å²) in [4.78, 5) is 2.55. The normalized spacial score (nSPS) is 27.8. The molecule has 0 spiro atoms. The minimum atomic E-state index is -0.540. The highest BCUT2D eigenvalue weighted by molar-refractivity contribution is 9.09. The van der Waals surface area contributed by atoms with Crippen molar-refractivity contribution >= 4 is 26.7 Å². The summed E-state index contributed by atoms with van der Waals surface area (Å²) in [5.41, 5.74) is 0.495. The highest BCUT2D eigenvalue weighted by Gasteiger charge is 2.32. The van der Waals surface area contributed by atoms with E-state index >= 15 is 0 Å². The maximum atomic E-state index is 11.4. The molecule has 1 aliphatic carbocycles. The Hall–Kier alpha value is 0.590. The van der Waals surface area contributed by atoms with Crippen LogP contribution in [0, 0.1) is 5.41 Å². The molecule has 0 aromatic heterocycles. The van der Waals surface area contributed by atoms with Crippen molar-refractivity contribution < 1.29 is 4.21 Å². The van der Waals surface area contributed by atoms with Crippen LogP contribution in [0.4, 0.5) is 0 Å². The van der Waals surface area contributed by atoms with Gasteiger partial charge < -0.3 is 4.90 Å². The SMILES string of the molecule is O=S1CCN(CC2(CBr)CCCCCC2)CC1. The van der Waals surface area contributed by atoms with Crippen molar-refractivity contribution in [2.45, 2.75) is 38.5 Å². The quantitative estimate of drug-likeness (QED) is 0.588. The van der Waals surface area contributed by atoms with E-state index < -0.39 is 10.8 Å². The molecule has 0 amide bonds. The highest BCUT2D eigenvalue weighted by atomic mass is 79.9. The van der Waals surface area contributed by atoms with Crippen molar-refractivity contribution in [1.82, 2.24) is 4.90 Å². The van der Waals surface area contributed by atoms with Crippen molar-refractivity contribution in [2.75, 3.05) is 36.5 Å². The molecule has 2 rings (SSSR count). The molecule has 0 aromatic carbocycles. The van der Waals surface area contributed by atoms with Gasteiger partial charge in [0.1, 0.15) is 0 Å². The average Bonchev–Trinajstić information content (AvgIpc) is 2.58. The zero-order valence-electron chi connectivity index (χ0n) is 10.6. The molecule has 1 heterocycles. The zero-order chi connectivity index (χ0) is 12.1. The first-order valence-corrected chi connectivity index (χ1v) is 9.48. The smallest absolute Gasteiger partial charge is 0.0363 e. The zero-order valence-corrected chi connectivity index (χ0v) is 13.0. The Labute approximate surface area is 116 Å². The van der Waals surface area contributed by atoms with Crippen LogP contribution in [-0.4, -0.2) is 45.6 Å². The first-order chi connectivity index (χ1) is 8.24. The van der Waals surface area contributed by atoms with Gasteiger partial charge in [-0.25, -0.2) is 0 Å². The summed E-state index contributed by atoms with van der Waals surface area (Å²) in [5.74, 6) is 1.77. The lowest BCUT2D eigenvalue weighted by Crippen LogP contribution is -2.45. The van der Waals surface area contributed by atoms with Crippen LogP contribution in [0.25, 0.3) is 0 Å². The van der Waals surface area contributed by atoms with Crippen LogP contribution >= 0.6 is 15.9 Å². The topological polar surface area (TPSA) is 20.3 Å². The molecule has 0 bridgehead atoms. The minimum Gasteiger partial charge on any atom is -0.301 e. The molecule has 1 aliphatic heterocycles. The molecule has 17 heavy (non-hydrogen) atoms. The summed E-state index contributed by atoms with van der Waals surface area (Å²) in [6.45, 7) is 3.30. The van der Waals surface area contributed by atoms with Gasteiger partial charge in [-0.05, 0) is 18.3 Å². The number of hydrogen-bond acceptors (Lipinski definition) is 2. The molecule has 4 heteroatoms. The van der Waals surface area contributed by atoms with E-state index in [9.17, 15) is 4.21 Å². The van der Waals surface area contributed by atoms with Crippen molar-refractivity contribution in [1.29, 1.82) is 0 Å². The number of rotatable bonds is 3. The summed E-state index contributed by atoms with van der Waals surface area (Å²) in [7, 11) is -0.540. The van der Waals surface area contributed by atoms with Gasteiger partial charge in [0.05, 0.1) is 0 Å². The van der Waals surface area contributed by atoms with E-state index in [1.54, 1.807) is 0 Å². The molecular formula is C13H24BrNOS. The van der Waals surface area contributed by atoms with Gasteiger partial charge in [-0.15, -0.1) is 0 Å². The third-order valence-electron chi connectivity index (χ3n) is 4.28. The van der Waals surface area contributed by atoms with Gasteiger partial charge in [-0.2, -0.15) is 0 Å². The second-order valence-electron chi connectivity index (χ2n) is 5.67. The van der Waals surface area contributed by atoms with Crippen LogP contribution in [0.3, 0.4) is 0 Å². The predicted molar refractivity (Wildman–Crippen MR) is 78.2 cm³/mol. The standard InChI is InChI=1S/C13H24BrNOS/c14-11-13(5-3-1-2-4-6-13)12-15-7-9-17(16)10-8-15/h1-12H2. The first-order valence-electron chi connectivity index (χ1n) is 6.87. The molecule has 2 fully saturated rings. The van der Waals surface area contributed by atoms with Gasteiger partial charge in [0.2, 0.25) is 0 Å². The fraction of sp³-hybridized carbons (Fsp3) is 1.00. The lowest BCUT2D eigenvalue weighted by atomic mass is 9.82. The molecular weight excluding hydrogens is 298 g/mol. The minimum absolute atomic E-state index is 0.495. The fourth-order valence-corrected chi connectivity index (χ4v) is 4.99. The second-order valence-corrected chi connectivity index (χ2v) is 7.93. The monoisotopic (exact) mass is 321 g/mol. The average molecular weight is 322 g/mol. The molecule has 100 valence electrons. The second kappa shape index (κ2) is 6.67. The largest absolute Gasteiger partial charge is 0.301 e. The molecule has 0 unspecified atom stereocenters. The number of alkyl halides is 1. The van der Waals surface area contributed by atoms with E-state index in [0.29, 0.717) is 5.41 Å². The summed E-state index contributed by atoms with van der Waals surface area (Å²) in [6, 6.07) is 0. The van der Waals surface area contributed by atoms with Crippen molar-refractivity contribution in [3.05, 3.63) is 0 Å². The maximum Gasteiger partial charge on any atom is 0.0363 e. The van der Waals surface area contributed by atoms with Gasteiger partial charge >= 0.3 is 0 Å². The first kappa shape index (κ1) is 14.0. The number of hydrogen-bond donors (Lipinski definition) is 0. The molecule has 0 aromatic rings. The summed E-state index contributed by atoms with van der Waals surface area (Å²) in [6.07, 6.45) is 8.37. The molecule has 0 N–H and O–H groups in total. The Bertz CT molecular complexity index is 254. The van der Waals surface area contributed by atoms with Crippen LogP contribution in [0.5, 0.6) is 0 Å². The van der Waals surface area contributed by atoms with E-state index in [1.807, 2.05) is 0 Å². The molecule has 1 saturated carbocycles. The third kappa shape index (κ3) is 4.03. The Kier molecular flexibility index (Phi) is 5.50. The Balaban J connectivity index is 1.91. The van der Waals surface area contributed by atoms with E-state index in [-0.39, 0.29) is 0 Å². The molecule has 2 aliphatic rings. The van der Waals surface area contributed by atoms with Crippen LogP contribution < -0.4 is 0 Å². The van der Waals surface area contributed by atoms with Crippen molar-refractivity contribution in [2.24, 2.45) is 5.41 Å². The van der Waals surface area contributed by atoms with Crippen LogP contribution in [-0.2, 0) is 10.8 Å². The van der Waals surface area contributed by atoms with Gasteiger partial charge in [-0.1, -0.05) is 41.6 Å². The van der Waals surface area contributed by atoms with E-state index in [2.05, 4.69) is 20.8 Å². The molecule has 2 nitrogen and oxygen atoms in total. The lowest BCUT2D eigenvalue weighted by molar-refractivity contribution is 0.161. The lowest BCUT2D eigenvalue weighted by Gasteiger charge is -2.38. The third-order valence-corrected chi connectivity index (χ3v) is 6.74. The molecule has 0 atom stereocenters. The van der Waals surface area contributed by atoms with Gasteiger partial charge in [0.25, 0.3) is 0 Å².